The lowest BCUT2D eigenvalue weighted by molar-refractivity contribution is -0.148. The third kappa shape index (κ3) is 4.51. The van der Waals surface area contributed by atoms with Crippen LogP contribution in [0.2, 0.25) is 0 Å². The van der Waals surface area contributed by atoms with Crippen molar-refractivity contribution in [1.82, 2.24) is 5.32 Å². The van der Waals surface area contributed by atoms with Crippen LogP contribution in [0.4, 0.5) is 0 Å². The van der Waals surface area contributed by atoms with Crippen molar-refractivity contribution in [1.29, 1.82) is 0 Å². The molecule has 0 bridgehead atoms. The summed E-state index contributed by atoms with van der Waals surface area (Å²) < 4.78 is 15.4. The Morgan fingerprint density at radius 3 is 2.40 bits per heavy atom. The van der Waals surface area contributed by atoms with Crippen LogP contribution in [0.3, 0.4) is 0 Å². The molecule has 1 aromatic rings. The Bertz CT molecular complexity index is 418. The van der Waals surface area contributed by atoms with E-state index in [0.717, 1.165) is 12.2 Å². The summed E-state index contributed by atoms with van der Waals surface area (Å²) in [6.45, 7) is 2.64. The summed E-state index contributed by atoms with van der Waals surface area (Å²) in [4.78, 5) is 11.7. The first kappa shape index (κ1) is 16.5. The summed E-state index contributed by atoms with van der Waals surface area (Å²) in [7, 11) is 4.75. The number of esters is 1. The second-order valence-corrected chi connectivity index (χ2v) is 4.75. The Morgan fingerprint density at radius 2 is 1.90 bits per heavy atom. The van der Waals surface area contributed by atoms with Crippen LogP contribution in [0.25, 0.3) is 0 Å². The molecule has 5 heteroatoms. The van der Waals surface area contributed by atoms with Gasteiger partial charge in [-0.05, 0) is 38.1 Å². The van der Waals surface area contributed by atoms with Gasteiger partial charge in [0.05, 0.1) is 13.7 Å². The first-order valence-electron chi connectivity index (χ1n) is 6.53. The van der Waals surface area contributed by atoms with Gasteiger partial charge in [0.2, 0.25) is 0 Å². The second-order valence-electron chi connectivity index (χ2n) is 4.75. The molecule has 112 valence electrons. The quantitative estimate of drug-likeness (QED) is 0.730. The number of carbonyl (C=O) groups is 1. The molecule has 0 radical (unpaired) electrons. The number of nitrogens with one attached hydrogen (secondary N) is 1. The fraction of sp³-hybridized carbons (Fsp3) is 0.533. The van der Waals surface area contributed by atoms with E-state index in [0.29, 0.717) is 6.61 Å². The molecule has 1 atom stereocenters. The lowest BCUT2D eigenvalue weighted by Gasteiger charge is -2.25. The molecule has 0 spiro atoms. The van der Waals surface area contributed by atoms with E-state index in [2.05, 4.69) is 5.32 Å². The van der Waals surface area contributed by atoms with Gasteiger partial charge in [0.1, 0.15) is 17.9 Å². The van der Waals surface area contributed by atoms with Gasteiger partial charge in [0, 0.05) is 7.11 Å². The Kier molecular flexibility index (Phi) is 6.48. The molecule has 5 nitrogen and oxygen atoms in total. The maximum atomic E-state index is 11.7. The van der Waals surface area contributed by atoms with Crippen LogP contribution in [0.1, 0.15) is 12.5 Å². The van der Waals surface area contributed by atoms with E-state index in [-0.39, 0.29) is 12.6 Å². The smallest absolute Gasteiger partial charge is 0.329 e. The van der Waals surface area contributed by atoms with E-state index in [9.17, 15) is 4.79 Å². The third-order valence-corrected chi connectivity index (χ3v) is 3.23. The summed E-state index contributed by atoms with van der Waals surface area (Å²) in [6.07, 6.45) is 0.868. The molecule has 1 unspecified atom stereocenters. The van der Waals surface area contributed by atoms with Crippen LogP contribution in [0.15, 0.2) is 24.3 Å². The van der Waals surface area contributed by atoms with E-state index >= 15 is 0 Å². The second kappa shape index (κ2) is 7.87. The number of ether oxygens (including phenoxy) is 3. The minimum Gasteiger partial charge on any atom is -0.491 e. The largest absolute Gasteiger partial charge is 0.491 e. The zero-order chi connectivity index (χ0) is 15.0. The maximum Gasteiger partial charge on any atom is 0.329 e. The number of hydrogen-bond acceptors (Lipinski definition) is 5. The molecule has 0 aromatic heterocycles. The van der Waals surface area contributed by atoms with Crippen LogP contribution in [0, 0.1) is 0 Å². The summed E-state index contributed by atoms with van der Waals surface area (Å²) in [5.41, 5.74) is 0.326. The molecule has 0 aliphatic carbocycles. The molecule has 1 N–H and O–H groups in total. The number of carbonyl (C=O) groups excluding carboxylic acids is 1. The van der Waals surface area contributed by atoms with Crippen molar-refractivity contribution in [2.45, 2.75) is 18.9 Å². The van der Waals surface area contributed by atoms with Gasteiger partial charge < -0.3 is 19.5 Å². The minimum absolute atomic E-state index is 0.202. The molecule has 0 aliphatic rings. The Balaban J connectivity index is 2.58. The number of methoxy groups -OCH3 is 2. The average Bonchev–Trinajstić information content (AvgIpc) is 2.50. The van der Waals surface area contributed by atoms with E-state index in [1.54, 1.807) is 21.1 Å². The van der Waals surface area contributed by atoms with Gasteiger partial charge >= 0.3 is 5.97 Å². The number of benzene rings is 1. The van der Waals surface area contributed by atoms with Crippen molar-refractivity contribution in [2.24, 2.45) is 0 Å². The van der Waals surface area contributed by atoms with Crippen molar-refractivity contribution >= 4 is 5.97 Å². The normalized spacial score (nSPS) is 13.6. The molecule has 0 heterocycles. The monoisotopic (exact) mass is 281 g/mol. The lowest BCUT2D eigenvalue weighted by atomic mass is 10.1. The first-order valence-corrected chi connectivity index (χ1v) is 6.53. The van der Waals surface area contributed by atoms with Gasteiger partial charge in [-0.2, -0.15) is 0 Å². The molecule has 1 rings (SSSR count). The van der Waals surface area contributed by atoms with E-state index in [1.807, 2.05) is 24.3 Å². The molecule has 20 heavy (non-hydrogen) atoms. The zero-order valence-corrected chi connectivity index (χ0v) is 12.6. The molecule has 0 saturated carbocycles. The highest BCUT2D eigenvalue weighted by atomic mass is 16.5. The standard InChI is InChI=1S/C15H23NO4/c1-15(16-2,14(17)19-4)11-20-13-7-5-12(6-8-13)9-10-18-3/h5-8,16H,9-11H2,1-4H3. The lowest BCUT2D eigenvalue weighted by Crippen LogP contribution is -2.52. The molecular weight excluding hydrogens is 258 g/mol. The summed E-state index contributed by atoms with van der Waals surface area (Å²) in [6, 6.07) is 7.75. The third-order valence-electron chi connectivity index (χ3n) is 3.23. The number of rotatable bonds is 8. The van der Waals surface area contributed by atoms with Crippen LogP contribution in [0.5, 0.6) is 5.75 Å². The molecule has 0 fully saturated rings. The minimum atomic E-state index is -0.858. The molecule has 1 aromatic carbocycles. The summed E-state index contributed by atoms with van der Waals surface area (Å²) >= 11 is 0. The fourth-order valence-corrected chi connectivity index (χ4v) is 1.66. The predicted octanol–water partition coefficient (Wildman–Crippen LogP) is 1.41. The molecule has 0 amide bonds. The molecular formula is C15H23NO4. The Labute approximate surface area is 120 Å². The fourth-order valence-electron chi connectivity index (χ4n) is 1.66. The summed E-state index contributed by atoms with van der Waals surface area (Å²) in [5.74, 6) is 0.369. The average molecular weight is 281 g/mol. The highest BCUT2D eigenvalue weighted by Gasteiger charge is 2.33. The highest BCUT2D eigenvalue weighted by molar-refractivity contribution is 5.80. The predicted molar refractivity (Wildman–Crippen MR) is 77.0 cm³/mol. The van der Waals surface area contributed by atoms with Crippen LogP contribution in [-0.2, 0) is 20.7 Å². The number of hydrogen-bond donors (Lipinski definition) is 1. The van der Waals surface area contributed by atoms with Gasteiger partial charge in [-0.25, -0.2) is 4.79 Å². The summed E-state index contributed by atoms with van der Waals surface area (Å²) in [5, 5.41) is 2.92. The van der Waals surface area contributed by atoms with E-state index in [4.69, 9.17) is 14.2 Å². The van der Waals surface area contributed by atoms with Crippen LogP contribution in [-0.4, -0.2) is 46.0 Å². The Morgan fingerprint density at radius 1 is 1.25 bits per heavy atom. The van der Waals surface area contributed by atoms with Gasteiger partial charge in [-0.1, -0.05) is 12.1 Å². The van der Waals surface area contributed by atoms with E-state index in [1.165, 1.54) is 12.7 Å². The van der Waals surface area contributed by atoms with Crippen molar-refractivity contribution in [3.63, 3.8) is 0 Å². The molecule has 0 aliphatic heterocycles. The SMILES string of the molecule is CNC(C)(COc1ccc(CCOC)cc1)C(=O)OC. The van der Waals surface area contributed by atoms with Crippen molar-refractivity contribution in [3.8, 4) is 5.75 Å². The van der Waals surface area contributed by atoms with Crippen molar-refractivity contribution in [3.05, 3.63) is 29.8 Å². The number of likely N-dealkylation sites (N-methyl/N-ethyl adjacent to an activating group) is 1. The highest BCUT2D eigenvalue weighted by Crippen LogP contribution is 2.15. The van der Waals surface area contributed by atoms with Gasteiger partial charge in [-0.3, -0.25) is 0 Å². The van der Waals surface area contributed by atoms with Crippen LogP contribution < -0.4 is 10.1 Å². The maximum absolute atomic E-state index is 11.7. The van der Waals surface area contributed by atoms with Crippen molar-refractivity contribution in [2.75, 3.05) is 34.5 Å². The molecule has 0 saturated heterocycles. The van der Waals surface area contributed by atoms with E-state index < -0.39 is 5.54 Å². The van der Waals surface area contributed by atoms with Gasteiger partial charge in [-0.15, -0.1) is 0 Å². The van der Waals surface area contributed by atoms with Gasteiger partial charge in [0.15, 0.2) is 0 Å². The zero-order valence-electron chi connectivity index (χ0n) is 12.6. The van der Waals surface area contributed by atoms with Gasteiger partial charge in [0.25, 0.3) is 0 Å². The topological polar surface area (TPSA) is 56.8 Å². The van der Waals surface area contributed by atoms with Crippen molar-refractivity contribution < 1.29 is 19.0 Å². The Hall–Kier alpha value is -1.59. The van der Waals surface area contributed by atoms with Crippen LogP contribution >= 0.6 is 0 Å². The first-order chi connectivity index (χ1) is 9.55.